The van der Waals surface area contributed by atoms with Crippen LogP contribution in [0.4, 0.5) is 5.82 Å². The molecule has 1 aromatic carbocycles. The molecule has 0 spiro atoms. The van der Waals surface area contributed by atoms with E-state index in [0.717, 1.165) is 40.7 Å². The van der Waals surface area contributed by atoms with Gasteiger partial charge < -0.3 is 10.2 Å². The van der Waals surface area contributed by atoms with Crippen LogP contribution in [0.3, 0.4) is 0 Å². The first-order valence-electron chi connectivity index (χ1n) is 9.69. The lowest BCUT2D eigenvalue weighted by Gasteiger charge is -2.33. The number of rotatable bonds is 4. The molecule has 1 saturated carbocycles. The third-order valence-electron chi connectivity index (χ3n) is 5.63. The highest BCUT2D eigenvalue weighted by Crippen LogP contribution is 2.30. The van der Waals surface area contributed by atoms with Gasteiger partial charge in [0.15, 0.2) is 0 Å². The van der Waals surface area contributed by atoms with E-state index in [2.05, 4.69) is 51.4 Å². The number of hydrogen-bond acceptors (Lipinski definition) is 6. The first kappa shape index (κ1) is 18.3. The fraction of sp³-hybridized carbons (Fsp3) is 0.364. The number of aromatic nitrogens is 3. The van der Waals surface area contributed by atoms with Crippen LogP contribution in [0.2, 0.25) is 0 Å². The predicted molar refractivity (Wildman–Crippen MR) is 111 cm³/mol. The van der Waals surface area contributed by atoms with Gasteiger partial charge in [-0.25, -0.2) is 15.0 Å². The van der Waals surface area contributed by atoms with E-state index < -0.39 is 0 Å². The maximum atomic E-state index is 9.37. The number of fused-ring (bicyclic) bond motifs is 1. The van der Waals surface area contributed by atoms with E-state index in [9.17, 15) is 5.26 Å². The number of pyridine rings is 1. The van der Waals surface area contributed by atoms with Crippen LogP contribution in [0.1, 0.15) is 31.4 Å². The van der Waals surface area contributed by atoms with Crippen molar-refractivity contribution in [2.45, 2.75) is 37.8 Å². The minimum atomic E-state index is 0.422. The van der Waals surface area contributed by atoms with Gasteiger partial charge in [0.1, 0.15) is 23.9 Å². The summed E-state index contributed by atoms with van der Waals surface area (Å²) in [7, 11) is 4.32. The highest BCUT2D eigenvalue weighted by Gasteiger charge is 2.23. The van der Waals surface area contributed by atoms with Crippen molar-refractivity contribution in [2.75, 3.05) is 19.4 Å². The minimum Gasteiger partial charge on any atom is -0.367 e. The van der Waals surface area contributed by atoms with Crippen LogP contribution >= 0.6 is 0 Å². The van der Waals surface area contributed by atoms with Gasteiger partial charge in [-0.15, -0.1) is 0 Å². The summed E-state index contributed by atoms with van der Waals surface area (Å²) >= 11 is 0. The molecular formula is C22H24N6. The molecule has 0 aliphatic heterocycles. The maximum absolute atomic E-state index is 9.37. The number of hydrogen-bond donors (Lipinski definition) is 1. The van der Waals surface area contributed by atoms with Crippen molar-refractivity contribution in [2.24, 2.45) is 0 Å². The molecule has 2 aromatic heterocycles. The van der Waals surface area contributed by atoms with E-state index in [1.54, 1.807) is 12.5 Å². The van der Waals surface area contributed by atoms with Crippen LogP contribution in [0.5, 0.6) is 0 Å². The summed E-state index contributed by atoms with van der Waals surface area (Å²) in [5.41, 5.74) is 3.10. The Labute approximate surface area is 165 Å². The zero-order chi connectivity index (χ0) is 19.5. The largest absolute Gasteiger partial charge is 0.367 e. The van der Waals surface area contributed by atoms with Crippen LogP contribution in [0, 0.1) is 11.3 Å². The molecule has 1 aliphatic carbocycles. The number of anilines is 1. The molecule has 1 N–H and O–H groups in total. The van der Waals surface area contributed by atoms with E-state index in [1.807, 2.05) is 24.3 Å². The van der Waals surface area contributed by atoms with Gasteiger partial charge in [0.05, 0.1) is 5.52 Å². The summed E-state index contributed by atoms with van der Waals surface area (Å²) in [5.74, 6) is 0.863. The summed E-state index contributed by atoms with van der Waals surface area (Å²) in [6.07, 6.45) is 7.91. The van der Waals surface area contributed by atoms with Gasteiger partial charge in [0, 0.05) is 29.2 Å². The summed E-state index contributed by atoms with van der Waals surface area (Å²) in [4.78, 5) is 15.4. The SMILES string of the molecule is CN(C)[C@H]1CC[C@H](Nc2ncnc3ccc(-c4cccnc4C#N)cc23)CC1. The van der Waals surface area contributed by atoms with E-state index in [0.29, 0.717) is 17.8 Å². The number of nitrogens with zero attached hydrogens (tertiary/aromatic N) is 5. The summed E-state index contributed by atoms with van der Waals surface area (Å²) in [6.45, 7) is 0. The van der Waals surface area contributed by atoms with Crippen molar-refractivity contribution in [3.8, 4) is 17.2 Å². The average molecular weight is 372 g/mol. The Morgan fingerprint density at radius 1 is 1.07 bits per heavy atom. The van der Waals surface area contributed by atoms with Crippen molar-refractivity contribution >= 4 is 16.7 Å². The van der Waals surface area contributed by atoms with E-state index in [4.69, 9.17) is 0 Å². The van der Waals surface area contributed by atoms with Crippen LogP contribution in [-0.2, 0) is 0 Å². The molecule has 0 unspecified atom stereocenters. The molecule has 6 heteroatoms. The van der Waals surface area contributed by atoms with Crippen LogP contribution in [0.25, 0.3) is 22.0 Å². The second-order valence-corrected chi connectivity index (χ2v) is 7.58. The first-order valence-corrected chi connectivity index (χ1v) is 9.69. The average Bonchev–Trinajstić information content (AvgIpc) is 2.74. The second-order valence-electron chi connectivity index (χ2n) is 7.58. The Bertz CT molecular complexity index is 1010. The van der Waals surface area contributed by atoms with Crippen LogP contribution in [-0.4, -0.2) is 46.0 Å². The molecule has 1 fully saturated rings. The molecule has 0 bridgehead atoms. The van der Waals surface area contributed by atoms with Gasteiger partial charge in [-0.05, 0) is 69.6 Å². The van der Waals surface area contributed by atoms with Crippen molar-refractivity contribution < 1.29 is 0 Å². The molecule has 0 amide bonds. The maximum Gasteiger partial charge on any atom is 0.148 e. The fourth-order valence-electron chi connectivity index (χ4n) is 4.00. The van der Waals surface area contributed by atoms with Crippen molar-refractivity contribution in [1.82, 2.24) is 19.9 Å². The smallest absolute Gasteiger partial charge is 0.148 e. The lowest BCUT2D eigenvalue weighted by atomic mass is 9.90. The molecule has 0 saturated heterocycles. The van der Waals surface area contributed by atoms with Crippen molar-refractivity contribution in [3.63, 3.8) is 0 Å². The Morgan fingerprint density at radius 3 is 2.64 bits per heavy atom. The highest BCUT2D eigenvalue weighted by molar-refractivity contribution is 5.93. The fourth-order valence-corrected chi connectivity index (χ4v) is 4.00. The number of benzene rings is 1. The standard InChI is InChI=1S/C22H24N6/c1-28(2)17-8-6-16(7-9-17)27-22-19-12-15(5-10-20(19)25-14-26-22)18-4-3-11-24-21(18)13-23/h3-5,10-12,14,16-17H,6-9H2,1-2H3,(H,25,26,27)/t16-,17-. The van der Waals surface area contributed by atoms with Gasteiger partial charge in [0.25, 0.3) is 0 Å². The van der Waals surface area contributed by atoms with Crippen molar-refractivity contribution in [1.29, 1.82) is 5.26 Å². The Kier molecular flexibility index (Phi) is 5.18. The highest BCUT2D eigenvalue weighted by atomic mass is 15.1. The molecule has 28 heavy (non-hydrogen) atoms. The monoisotopic (exact) mass is 372 g/mol. The molecule has 4 rings (SSSR count). The van der Waals surface area contributed by atoms with Crippen LogP contribution in [0.15, 0.2) is 42.9 Å². The lowest BCUT2D eigenvalue weighted by molar-refractivity contribution is 0.221. The van der Waals surface area contributed by atoms with Gasteiger partial charge in [-0.3, -0.25) is 0 Å². The number of nitrogens with one attached hydrogen (secondary N) is 1. The number of nitriles is 1. The summed E-state index contributed by atoms with van der Waals surface area (Å²) < 4.78 is 0. The Balaban J connectivity index is 1.64. The molecule has 0 atom stereocenters. The van der Waals surface area contributed by atoms with Gasteiger partial charge in [-0.1, -0.05) is 6.07 Å². The van der Waals surface area contributed by atoms with E-state index >= 15 is 0 Å². The lowest BCUT2D eigenvalue weighted by Crippen LogP contribution is -2.36. The second kappa shape index (κ2) is 7.91. The molecule has 1 aliphatic rings. The molecule has 2 heterocycles. The summed E-state index contributed by atoms with van der Waals surface area (Å²) in [5, 5.41) is 14.0. The molecular weight excluding hydrogens is 348 g/mol. The normalized spacial score (nSPS) is 19.5. The van der Waals surface area contributed by atoms with Crippen LogP contribution < -0.4 is 5.32 Å². The predicted octanol–water partition coefficient (Wildman–Crippen LogP) is 3.85. The van der Waals surface area contributed by atoms with E-state index in [-0.39, 0.29) is 0 Å². The zero-order valence-electron chi connectivity index (χ0n) is 16.3. The minimum absolute atomic E-state index is 0.422. The molecule has 6 nitrogen and oxygen atoms in total. The summed E-state index contributed by atoms with van der Waals surface area (Å²) in [6, 6.07) is 13.1. The van der Waals surface area contributed by atoms with Gasteiger partial charge in [-0.2, -0.15) is 5.26 Å². The Morgan fingerprint density at radius 2 is 1.89 bits per heavy atom. The quantitative estimate of drug-likeness (QED) is 0.749. The molecule has 3 aromatic rings. The third kappa shape index (κ3) is 3.67. The zero-order valence-corrected chi connectivity index (χ0v) is 16.3. The molecule has 0 radical (unpaired) electrons. The third-order valence-corrected chi connectivity index (χ3v) is 5.63. The van der Waals surface area contributed by atoms with E-state index in [1.165, 1.54) is 12.8 Å². The van der Waals surface area contributed by atoms with Crippen molar-refractivity contribution in [3.05, 3.63) is 48.5 Å². The molecule has 142 valence electrons. The Hall–Kier alpha value is -3.04. The topological polar surface area (TPSA) is 77.7 Å². The first-order chi connectivity index (χ1) is 13.7. The van der Waals surface area contributed by atoms with Gasteiger partial charge >= 0.3 is 0 Å². The van der Waals surface area contributed by atoms with Gasteiger partial charge in [0.2, 0.25) is 0 Å².